The summed E-state index contributed by atoms with van der Waals surface area (Å²) in [5.41, 5.74) is 1.51. The number of halogens is 2. The van der Waals surface area contributed by atoms with Crippen LogP contribution < -0.4 is 5.32 Å². The maximum Gasteiger partial charge on any atom is 0.414 e. The Bertz CT molecular complexity index is 855. The zero-order valence-electron chi connectivity index (χ0n) is 15.3. The minimum atomic E-state index is -1.82. The summed E-state index contributed by atoms with van der Waals surface area (Å²) >= 11 is 3.42. The van der Waals surface area contributed by atoms with Gasteiger partial charge in [0.1, 0.15) is 5.82 Å². The van der Waals surface area contributed by atoms with Crippen molar-refractivity contribution in [1.82, 2.24) is 4.90 Å². The van der Waals surface area contributed by atoms with Gasteiger partial charge in [0, 0.05) is 34.9 Å². The summed E-state index contributed by atoms with van der Waals surface area (Å²) in [6, 6.07) is 14.3. The van der Waals surface area contributed by atoms with E-state index < -0.39 is 11.9 Å². The number of amides is 1. The van der Waals surface area contributed by atoms with Gasteiger partial charge in [0.25, 0.3) is 5.91 Å². The van der Waals surface area contributed by atoms with Crippen molar-refractivity contribution in [2.75, 3.05) is 18.4 Å². The number of carbonyl (C=O) groups excluding carboxylic acids is 1. The normalized spacial score (nSPS) is 13.8. The van der Waals surface area contributed by atoms with Crippen LogP contribution in [-0.2, 0) is 9.59 Å². The fourth-order valence-corrected chi connectivity index (χ4v) is 3.08. The first-order valence-electron chi connectivity index (χ1n) is 8.79. The lowest BCUT2D eigenvalue weighted by molar-refractivity contribution is -0.159. The van der Waals surface area contributed by atoms with Crippen molar-refractivity contribution in [1.29, 1.82) is 0 Å². The van der Waals surface area contributed by atoms with E-state index in [4.69, 9.17) is 19.8 Å². The Morgan fingerprint density at radius 3 is 2.10 bits per heavy atom. The molecule has 1 saturated heterocycles. The van der Waals surface area contributed by atoms with Crippen LogP contribution >= 0.6 is 15.9 Å². The smallest absolute Gasteiger partial charge is 0.414 e. The van der Waals surface area contributed by atoms with Gasteiger partial charge in [-0.15, -0.1) is 0 Å². The van der Waals surface area contributed by atoms with Crippen molar-refractivity contribution in [3.8, 4) is 0 Å². The van der Waals surface area contributed by atoms with Crippen molar-refractivity contribution in [3.63, 3.8) is 0 Å². The summed E-state index contributed by atoms with van der Waals surface area (Å²) in [7, 11) is 0. The van der Waals surface area contributed by atoms with Crippen LogP contribution in [0.1, 0.15) is 23.2 Å². The van der Waals surface area contributed by atoms with E-state index in [1.807, 2.05) is 24.3 Å². The van der Waals surface area contributed by atoms with E-state index in [9.17, 15) is 9.18 Å². The molecule has 1 fully saturated rings. The number of piperidine rings is 1. The second-order valence-corrected chi connectivity index (χ2v) is 7.25. The van der Waals surface area contributed by atoms with Crippen molar-refractivity contribution in [2.24, 2.45) is 0 Å². The van der Waals surface area contributed by atoms with E-state index in [-0.39, 0.29) is 11.7 Å². The maximum absolute atomic E-state index is 13.2. The molecular formula is C20H20BrFN2O5. The maximum atomic E-state index is 13.2. The second-order valence-electron chi connectivity index (χ2n) is 6.34. The third kappa shape index (κ3) is 7.19. The molecule has 0 aromatic heterocycles. The Labute approximate surface area is 175 Å². The molecule has 1 heterocycles. The van der Waals surface area contributed by atoms with Gasteiger partial charge < -0.3 is 20.4 Å². The third-order valence-corrected chi connectivity index (χ3v) is 4.78. The molecule has 1 aliphatic rings. The van der Waals surface area contributed by atoms with Crippen molar-refractivity contribution >= 4 is 39.5 Å². The van der Waals surface area contributed by atoms with Crippen molar-refractivity contribution in [2.45, 2.75) is 18.9 Å². The lowest BCUT2D eigenvalue weighted by atomic mass is 10.0. The number of hydrogen-bond acceptors (Lipinski definition) is 4. The van der Waals surface area contributed by atoms with Gasteiger partial charge in [-0.3, -0.25) is 4.79 Å². The lowest BCUT2D eigenvalue weighted by Gasteiger charge is -2.33. The number of nitrogens with one attached hydrogen (secondary N) is 1. The third-order valence-electron chi connectivity index (χ3n) is 4.25. The number of anilines is 1. The number of carboxylic acid groups (broad SMARTS) is 2. The molecule has 0 unspecified atom stereocenters. The summed E-state index contributed by atoms with van der Waals surface area (Å²) in [6.45, 7) is 1.37. The predicted molar refractivity (Wildman–Crippen MR) is 108 cm³/mol. The number of carbonyl (C=O) groups is 3. The molecule has 154 valence electrons. The molecule has 7 nitrogen and oxygen atoms in total. The molecule has 3 N–H and O–H groups in total. The van der Waals surface area contributed by atoms with Crippen LogP contribution in [0.5, 0.6) is 0 Å². The Kier molecular flexibility index (Phi) is 8.14. The average molecular weight is 467 g/mol. The Morgan fingerprint density at radius 2 is 1.59 bits per heavy atom. The average Bonchev–Trinajstić information content (AvgIpc) is 2.70. The molecule has 0 spiro atoms. The van der Waals surface area contributed by atoms with Gasteiger partial charge in [0.2, 0.25) is 0 Å². The van der Waals surface area contributed by atoms with Crippen LogP contribution in [0.25, 0.3) is 0 Å². The molecule has 1 amide bonds. The molecule has 0 radical (unpaired) electrons. The van der Waals surface area contributed by atoms with E-state index >= 15 is 0 Å². The SMILES string of the molecule is O=C(O)C(=O)O.O=C(c1cccc(F)c1)N1CCC(Nc2ccc(Br)cc2)CC1. The summed E-state index contributed by atoms with van der Waals surface area (Å²) in [5, 5.41) is 18.3. The second kappa shape index (κ2) is 10.6. The van der Waals surface area contributed by atoms with Gasteiger partial charge >= 0.3 is 11.9 Å². The molecule has 0 bridgehead atoms. The minimum Gasteiger partial charge on any atom is -0.473 e. The van der Waals surface area contributed by atoms with Crippen molar-refractivity contribution < 1.29 is 29.0 Å². The highest BCUT2D eigenvalue weighted by Gasteiger charge is 2.23. The van der Waals surface area contributed by atoms with E-state index in [0.29, 0.717) is 24.7 Å². The highest BCUT2D eigenvalue weighted by atomic mass is 79.9. The number of benzene rings is 2. The van der Waals surface area contributed by atoms with Gasteiger partial charge in [-0.05, 0) is 55.3 Å². The van der Waals surface area contributed by atoms with Crippen LogP contribution in [0.3, 0.4) is 0 Å². The molecule has 1 aliphatic heterocycles. The van der Waals surface area contributed by atoms with E-state index in [1.165, 1.54) is 12.1 Å². The fraction of sp³-hybridized carbons (Fsp3) is 0.250. The van der Waals surface area contributed by atoms with E-state index in [1.54, 1.807) is 17.0 Å². The Hall–Kier alpha value is -2.94. The first-order chi connectivity index (χ1) is 13.8. The first-order valence-corrected chi connectivity index (χ1v) is 9.58. The molecule has 9 heteroatoms. The zero-order chi connectivity index (χ0) is 21.4. The van der Waals surface area contributed by atoms with Crippen molar-refractivity contribution in [3.05, 3.63) is 64.4 Å². The zero-order valence-corrected chi connectivity index (χ0v) is 16.9. The molecule has 2 aromatic rings. The molecule has 0 saturated carbocycles. The van der Waals surface area contributed by atoms with Crippen LogP contribution in [0.4, 0.5) is 10.1 Å². The highest BCUT2D eigenvalue weighted by molar-refractivity contribution is 9.10. The van der Waals surface area contributed by atoms with Crippen LogP contribution in [0.2, 0.25) is 0 Å². The van der Waals surface area contributed by atoms with Gasteiger partial charge in [0.15, 0.2) is 0 Å². The van der Waals surface area contributed by atoms with Gasteiger partial charge in [-0.1, -0.05) is 22.0 Å². The van der Waals surface area contributed by atoms with Gasteiger partial charge in [-0.2, -0.15) is 0 Å². The number of nitrogens with zero attached hydrogens (tertiary/aromatic N) is 1. The largest absolute Gasteiger partial charge is 0.473 e. The number of aliphatic carboxylic acids is 2. The Morgan fingerprint density at radius 1 is 1.00 bits per heavy atom. The summed E-state index contributed by atoms with van der Waals surface area (Å²) in [5.74, 6) is -4.11. The molecule has 0 atom stereocenters. The van der Waals surface area contributed by atoms with E-state index in [0.717, 1.165) is 23.0 Å². The number of likely N-dealkylation sites (tertiary alicyclic amines) is 1. The predicted octanol–water partition coefficient (Wildman–Crippen LogP) is 3.46. The van der Waals surface area contributed by atoms with Crippen LogP contribution in [0.15, 0.2) is 53.0 Å². The molecule has 2 aromatic carbocycles. The van der Waals surface area contributed by atoms with E-state index in [2.05, 4.69) is 21.2 Å². The quantitative estimate of drug-likeness (QED) is 0.597. The highest BCUT2D eigenvalue weighted by Crippen LogP contribution is 2.20. The molecule has 29 heavy (non-hydrogen) atoms. The first kappa shape index (κ1) is 22.4. The lowest BCUT2D eigenvalue weighted by Crippen LogP contribution is -2.42. The monoisotopic (exact) mass is 466 g/mol. The standard InChI is InChI=1S/C18H18BrFN2O.C2H2O4/c19-14-4-6-16(7-5-14)21-17-8-10-22(11-9-17)18(23)13-2-1-3-15(20)12-13;3-1(4)2(5)6/h1-7,12,17,21H,8-11H2;(H,3,4)(H,5,6). The number of rotatable bonds is 3. The van der Waals surface area contributed by atoms with Gasteiger partial charge in [-0.25, -0.2) is 14.0 Å². The van der Waals surface area contributed by atoms with Crippen LogP contribution in [-0.4, -0.2) is 52.1 Å². The summed E-state index contributed by atoms with van der Waals surface area (Å²) in [6.07, 6.45) is 1.77. The van der Waals surface area contributed by atoms with Gasteiger partial charge in [0.05, 0.1) is 0 Å². The Balaban J connectivity index is 0.000000438. The molecule has 3 rings (SSSR count). The number of hydrogen-bond donors (Lipinski definition) is 3. The summed E-state index contributed by atoms with van der Waals surface area (Å²) < 4.78 is 14.3. The summed E-state index contributed by atoms with van der Waals surface area (Å²) in [4.78, 5) is 32.4. The molecular weight excluding hydrogens is 447 g/mol. The minimum absolute atomic E-state index is 0.0911. The fourth-order valence-electron chi connectivity index (χ4n) is 2.81. The number of carboxylic acids is 2. The van der Waals surface area contributed by atoms with Crippen LogP contribution in [0, 0.1) is 5.82 Å². The molecule has 0 aliphatic carbocycles. The topological polar surface area (TPSA) is 107 Å².